The number of amidine groups is 1. The second kappa shape index (κ2) is 8.33. The molecule has 0 bridgehead atoms. The molecule has 144 valence electrons. The summed E-state index contributed by atoms with van der Waals surface area (Å²) in [4.78, 5) is 0. The lowest BCUT2D eigenvalue weighted by Gasteiger charge is -2.24. The molecule has 0 saturated heterocycles. The van der Waals surface area contributed by atoms with E-state index in [1.54, 1.807) is 7.11 Å². The molecule has 6 heteroatoms. The Kier molecular flexibility index (Phi) is 5.87. The van der Waals surface area contributed by atoms with Crippen molar-refractivity contribution in [3.63, 3.8) is 0 Å². The standard InChI is InChI=1S/C22H22N4O.ClH/c1-16-4-10-19(11-5-16)25-23-22(18-8-14-21(27-3)15-9-18)24-26(25)20-12-6-17(2)7-13-20;/h4-15H,1-3H3,(H,23,24);1H. The van der Waals surface area contributed by atoms with E-state index in [0.29, 0.717) is 0 Å². The van der Waals surface area contributed by atoms with Crippen LogP contribution in [-0.2, 0) is 0 Å². The van der Waals surface area contributed by atoms with Gasteiger partial charge in [0.2, 0.25) is 0 Å². The molecule has 0 saturated carbocycles. The van der Waals surface area contributed by atoms with E-state index in [9.17, 15) is 0 Å². The third kappa shape index (κ3) is 3.96. The Labute approximate surface area is 171 Å². The molecule has 0 unspecified atom stereocenters. The van der Waals surface area contributed by atoms with E-state index in [1.807, 2.05) is 29.4 Å². The highest BCUT2D eigenvalue weighted by Crippen LogP contribution is 2.24. The summed E-state index contributed by atoms with van der Waals surface area (Å²) in [7, 11) is 1.67. The van der Waals surface area contributed by atoms with Gasteiger partial charge in [0.25, 0.3) is 5.84 Å². The largest absolute Gasteiger partial charge is 1.00 e. The van der Waals surface area contributed by atoms with Crippen molar-refractivity contribution in [1.29, 1.82) is 0 Å². The fraction of sp³-hybridized carbons (Fsp3) is 0.136. The first-order valence-electron chi connectivity index (χ1n) is 8.94. The summed E-state index contributed by atoms with van der Waals surface area (Å²) in [5.74, 6) is 1.74. The van der Waals surface area contributed by atoms with Crippen LogP contribution in [0.4, 0.5) is 11.4 Å². The Morgan fingerprint density at radius 1 is 0.750 bits per heavy atom. The first kappa shape index (κ1) is 19.7. The predicted octanol–water partition coefficient (Wildman–Crippen LogP) is 0.398. The molecule has 3 aromatic rings. The van der Waals surface area contributed by atoms with Crippen molar-refractivity contribution in [3.8, 4) is 5.75 Å². The Morgan fingerprint density at radius 2 is 1.29 bits per heavy atom. The van der Waals surface area contributed by atoms with Crippen LogP contribution in [0.15, 0.2) is 77.9 Å². The van der Waals surface area contributed by atoms with Crippen LogP contribution in [0.1, 0.15) is 16.7 Å². The summed E-state index contributed by atoms with van der Waals surface area (Å²) in [5.41, 5.74) is 7.64. The summed E-state index contributed by atoms with van der Waals surface area (Å²) >= 11 is 0. The number of rotatable bonds is 4. The van der Waals surface area contributed by atoms with Gasteiger partial charge in [-0.1, -0.05) is 40.5 Å². The smallest absolute Gasteiger partial charge is 0.277 e. The third-order valence-electron chi connectivity index (χ3n) is 4.60. The second-order valence-corrected chi connectivity index (χ2v) is 6.65. The number of hydrazine groups is 1. The maximum atomic E-state index is 5.26. The van der Waals surface area contributed by atoms with Gasteiger partial charge < -0.3 is 17.1 Å². The van der Waals surface area contributed by atoms with Gasteiger partial charge in [0, 0.05) is 0 Å². The number of ether oxygens (including phenoxy) is 1. The molecule has 0 aromatic heterocycles. The van der Waals surface area contributed by atoms with Crippen LogP contribution in [0, 0.1) is 13.8 Å². The van der Waals surface area contributed by atoms with E-state index >= 15 is 0 Å². The lowest BCUT2D eigenvalue weighted by Crippen LogP contribution is -3.00. The van der Waals surface area contributed by atoms with Crippen molar-refractivity contribution in [3.05, 3.63) is 89.5 Å². The van der Waals surface area contributed by atoms with Crippen LogP contribution >= 0.6 is 0 Å². The maximum absolute atomic E-state index is 5.26. The predicted molar refractivity (Wildman–Crippen MR) is 109 cm³/mol. The van der Waals surface area contributed by atoms with Gasteiger partial charge in [-0.05, 0) is 62.4 Å². The zero-order chi connectivity index (χ0) is 18.8. The van der Waals surface area contributed by atoms with Gasteiger partial charge in [0.05, 0.1) is 18.4 Å². The van der Waals surface area contributed by atoms with Crippen LogP contribution in [0.2, 0.25) is 0 Å². The highest BCUT2D eigenvalue weighted by Gasteiger charge is 2.31. The second-order valence-electron chi connectivity index (χ2n) is 6.65. The van der Waals surface area contributed by atoms with Gasteiger partial charge in [-0.3, -0.25) is 0 Å². The Hall–Kier alpha value is -3.02. The van der Waals surface area contributed by atoms with Gasteiger partial charge in [0.1, 0.15) is 11.4 Å². The van der Waals surface area contributed by atoms with Crippen LogP contribution in [0.5, 0.6) is 5.75 Å². The molecule has 1 aliphatic rings. The summed E-state index contributed by atoms with van der Waals surface area (Å²) in [6.45, 7) is 4.18. The Morgan fingerprint density at radius 3 is 1.82 bits per heavy atom. The SMILES string of the molecule is COc1ccc(C2=NN(c3ccc(C)cc3)N(c3ccc(C)cc3)[NH2+]2)cc1.[Cl-]. The van der Waals surface area contributed by atoms with Gasteiger partial charge in [-0.15, -0.1) is 10.2 Å². The first-order chi connectivity index (χ1) is 13.1. The number of hydrogen-bond acceptors (Lipinski definition) is 4. The molecule has 0 fully saturated rings. The molecule has 5 nitrogen and oxygen atoms in total. The Balaban J connectivity index is 0.00000225. The quantitative estimate of drug-likeness (QED) is 0.651. The average Bonchev–Trinajstić information content (AvgIpc) is 3.14. The lowest BCUT2D eigenvalue weighted by molar-refractivity contribution is -0.545. The molecular weight excluding hydrogens is 372 g/mol. The van der Waals surface area contributed by atoms with E-state index in [2.05, 4.69) is 72.9 Å². The fourth-order valence-electron chi connectivity index (χ4n) is 2.98. The number of methoxy groups -OCH3 is 1. The number of hydrogen-bond donors (Lipinski definition) is 1. The summed E-state index contributed by atoms with van der Waals surface area (Å²) < 4.78 is 5.26. The minimum Gasteiger partial charge on any atom is -1.00 e. The molecule has 1 aliphatic heterocycles. The molecule has 3 aromatic carbocycles. The van der Waals surface area contributed by atoms with Gasteiger partial charge in [0.15, 0.2) is 0 Å². The van der Waals surface area contributed by atoms with Gasteiger partial charge in [-0.2, -0.15) is 5.43 Å². The molecule has 0 atom stereocenters. The zero-order valence-electron chi connectivity index (χ0n) is 16.1. The highest BCUT2D eigenvalue weighted by molar-refractivity contribution is 5.94. The zero-order valence-corrected chi connectivity index (χ0v) is 16.9. The number of anilines is 2. The number of halogens is 1. The van der Waals surface area contributed by atoms with Crippen LogP contribution in [-0.4, -0.2) is 12.9 Å². The third-order valence-corrected chi connectivity index (χ3v) is 4.60. The lowest BCUT2D eigenvalue weighted by atomic mass is 10.2. The summed E-state index contributed by atoms with van der Waals surface area (Å²) in [6, 6.07) is 24.8. The van der Waals surface area contributed by atoms with Crippen LogP contribution < -0.4 is 32.8 Å². The maximum Gasteiger partial charge on any atom is 0.277 e. The number of nitrogens with two attached hydrogens (primary N) is 1. The average molecular weight is 395 g/mol. The highest BCUT2D eigenvalue weighted by atomic mass is 35.5. The van der Waals surface area contributed by atoms with Crippen molar-refractivity contribution < 1.29 is 22.6 Å². The molecule has 2 N–H and O–H groups in total. The molecule has 0 spiro atoms. The topological polar surface area (TPSA) is 44.7 Å². The number of aryl methyl sites for hydroxylation is 2. The van der Waals surface area contributed by atoms with Crippen molar-refractivity contribution >= 4 is 17.2 Å². The van der Waals surface area contributed by atoms with Crippen molar-refractivity contribution in [2.24, 2.45) is 5.10 Å². The van der Waals surface area contributed by atoms with E-state index in [0.717, 1.165) is 28.5 Å². The fourth-order valence-corrected chi connectivity index (χ4v) is 2.98. The van der Waals surface area contributed by atoms with Crippen molar-refractivity contribution in [1.82, 2.24) is 0 Å². The minimum absolute atomic E-state index is 0. The van der Waals surface area contributed by atoms with Crippen molar-refractivity contribution in [2.45, 2.75) is 13.8 Å². The molecule has 0 amide bonds. The molecular formula is C22H23ClN4O. The van der Waals surface area contributed by atoms with Gasteiger partial charge in [-0.25, -0.2) is 0 Å². The molecule has 28 heavy (non-hydrogen) atoms. The number of hydrazone groups is 1. The molecule has 4 rings (SSSR count). The Bertz CT molecular complexity index is 953. The van der Waals surface area contributed by atoms with E-state index in [1.165, 1.54) is 11.1 Å². The minimum atomic E-state index is 0. The van der Waals surface area contributed by atoms with E-state index in [-0.39, 0.29) is 12.4 Å². The van der Waals surface area contributed by atoms with E-state index in [4.69, 9.17) is 9.84 Å². The molecule has 1 heterocycles. The number of quaternary nitrogens is 1. The summed E-state index contributed by atoms with van der Waals surface area (Å²) in [5, 5.41) is 8.88. The molecule has 0 aliphatic carbocycles. The van der Waals surface area contributed by atoms with Gasteiger partial charge >= 0.3 is 0 Å². The molecule has 0 radical (unpaired) electrons. The normalized spacial score (nSPS) is 13.2. The monoisotopic (exact) mass is 394 g/mol. The number of nitrogens with zero attached hydrogens (tertiary/aromatic N) is 3. The van der Waals surface area contributed by atoms with E-state index < -0.39 is 0 Å². The number of benzene rings is 3. The van der Waals surface area contributed by atoms with Crippen molar-refractivity contribution in [2.75, 3.05) is 17.3 Å². The summed E-state index contributed by atoms with van der Waals surface area (Å²) in [6.07, 6.45) is 0. The van der Waals surface area contributed by atoms with Crippen LogP contribution in [0.3, 0.4) is 0 Å². The first-order valence-corrected chi connectivity index (χ1v) is 8.94. The van der Waals surface area contributed by atoms with Crippen LogP contribution in [0.25, 0.3) is 0 Å².